The average Bonchev–Trinajstić information content (AvgIpc) is 2.63. The van der Waals surface area contributed by atoms with Gasteiger partial charge in [-0.25, -0.2) is 18.1 Å². The van der Waals surface area contributed by atoms with Crippen LogP contribution in [0.3, 0.4) is 0 Å². The van der Waals surface area contributed by atoms with Crippen LogP contribution in [-0.4, -0.2) is 46.2 Å². The van der Waals surface area contributed by atoms with E-state index in [4.69, 9.17) is 0 Å². The second kappa shape index (κ2) is 14.1. The van der Waals surface area contributed by atoms with E-state index >= 15 is 0 Å². The summed E-state index contributed by atoms with van der Waals surface area (Å²) in [7, 11) is -2.07. The van der Waals surface area contributed by atoms with Crippen LogP contribution in [0.15, 0.2) is 34.2 Å². The molecular weight excluding hydrogens is 491 g/mol. The van der Waals surface area contributed by atoms with Crippen molar-refractivity contribution in [3.63, 3.8) is 0 Å². The van der Waals surface area contributed by atoms with Crippen molar-refractivity contribution in [3.8, 4) is 0 Å². The van der Waals surface area contributed by atoms with E-state index in [0.29, 0.717) is 24.3 Å². The summed E-state index contributed by atoms with van der Waals surface area (Å²) in [5.41, 5.74) is 0.817. The Morgan fingerprint density at radius 1 is 1.25 bits per heavy atom. The molecule has 1 rings (SSSR count). The molecule has 4 N–H and O–H groups in total. The van der Waals surface area contributed by atoms with Gasteiger partial charge in [-0.1, -0.05) is 26.0 Å². The number of hydrogen-bond donors (Lipinski definition) is 4. The molecular formula is C19H35IN4O3S. The van der Waals surface area contributed by atoms with E-state index in [9.17, 15) is 13.5 Å². The molecule has 0 aliphatic heterocycles. The molecule has 0 aromatic heterocycles. The fraction of sp³-hybridized carbons (Fsp3) is 0.632. The highest BCUT2D eigenvalue weighted by Gasteiger charge is 2.13. The van der Waals surface area contributed by atoms with Crippen molar-refractivity contribution in [1.82, 2.24) is 15.4 Å². The molecule has 0 spiro atoms. The number of nitrogens with zero attached hydrogens (tertiary/aromatic N) is 1. The summed E-state index contributed by atoms with van der Waals surface area (Å²) in [6.45, 7) is 8.37. The molecule has 28 heavy (non-hydrogen) atoms. The summed E-state index contributed by atoms with van der Waals surface area (Å²) in [6, 6.07) is 6.77. The Morgan fingerprint density at radius 3 is 2.54 bits per heavy atom. The van der Waals surface area contributed by atoms with Crippen molar-refractivity contribution in [3.05, 3.63) is 29.8 Å². The van der Waals surface area contributed by atoms with Crippen LogP contribution in [0.2, 0.25) is 0 Å². The van der Waals surface area contributed by atoms with E-state index in [2.05, 4.69) is 34.2 Å². The summed E-state index contributed by atoms with van der Waals surface area (Å²) in [4.78, 5) is 4.79. The third kappa shape index (κ3) is 10.0. The van der Waals surface area contributed by atoms with Gasteiger partial charge >= 0.3 is 0 Å². The topological polar surface area (TPSA) is 103 Å². The Hall–Kier alpha value is -0.910. The number of nitrogens with one attached hydrogen (secondary N) is 3. The van der Waals surface area contributed by atoms with Gasteiger partial charge in [-0.05, 0) is 56.3 Å². The summed E-state index contributed by atoms with van der Waals surface area (Å²) >= 11 is 0. The highest BCUT2D eigenvalue weighted by molar-refractivity contribution is 14.0. The lowest BCUT2D eigenvalue weighted by molar-refractivity contribution is 0.243. The first-order chi connectivity index (χ1) is 12.8. The highest BCUT2D eigenvalue weighted by atomic mass is 127. The van der Waals surface area contributed by atoms with Crippen molar-refractivity contribution in [1.29, 1.82) is 0 Å². The highest BCUT2D eigenvalue weighted by Crippen LogP contribution is 2.14. The maximum Gasteiger partial charge on any atom is 0.240 e. The normalized spacial score (nSPS) is 13.1. The van der Waals surface area contributed by atoms with Crippen LogP contribution in [0, 0.1) is 11.8 Å². The molecule has 9 heteroatoms. The van der Waals surface area contributed by atoms with Crippen LogP contribution in [0.1, 0.15) is 39.2 Å². The molecule has 0 saturated carbocycles. The van der Waals surface area contributed by atoms with Crippen molar-refractivity contribution in [2.45, 2.75) is 45.1 Å². The van der Waals surface area contributed by atoms with Crippen LogP contribution in [0.4, 0.5) is 0 Å². The number of guanidine groups is 1. The molecule has 0 fully saturated rings. The number of aliphatic hydroxyl groups is 1. The molecule has 1 aromatic carbocycles. The molecule has 0 aliphatic carbocycles. The van der Waals surface area contributed by atoms with Crippen molar-refractivity contribution >= 4 is 40.0 Å². The van der Waals surface area contributed by atoms with Crippen molar-refractivity contribution in [2.24, 2.45) is 16.8 Å². The number of aliphatic hydroxyl groups excluding tert-OH is 1. The zero-order valence-electron chi connectivity index (χ0n) is 17.2. The molecule has 162 valence electrons. The van der Waals surface area contributed by atoms with Gasteiger partial charge in [0.2, 0.25) is 10.0 Å². The molecule has 7 nitrogen and oxygen atoms in total. The monoisotopic (exact) mass is 526 g/mol. The Bertz CT molecular complexity index is 696. The number of rotatable bonds is 11. The van der Waals surface area contributed by atoms with Gasteiger partial charge in [0.05, 0.1) is 11.4 Å². The maximum atomic E-state index is 11.9. The van der Waals surface area contributed by atoms with Crippen LogP contribution in [0.5, 0.6) is 0 Å². The largest absolute Gasteiger partial charge is 0.396 e. The summed E-state index contributed by atoms with van der Waals surface area (Å²) in [5, 5.41) is 15.8. The Morgan fingerprint density at radius 2 is 1.96 bits per heavy atom. The number of halogens is 1. The van der Waals surface area contributed by atoms with E-state index in [0.717, 1.165) is 31.5 Å². The van der Waals surface area contributed by atoms with E-state index in [1.54, 1.807) is 18.2 Å². The third-order valence-electron chi connectivity index (χ3n) is 4.14. The third-order valence-corrected chi connectivity index (χ3v) is 5.55. The van der Waals surface area contributed by atoms with Crippen LogP contribution >= 0.6 is 24.0 Å². The minimum Gasteiger partial charge on any atom is -0.396 e. The zero-order chi connectivity index (χ0) is 20.3. The molecule has 0 amide bonds. The van der Waals surface area contributed by atoms with Gasteiger partial charge in [0.1, 0.15) is 0 Å². The summed E-state index contributed by atoms with van der Waals surface area (Å²) in [6.07, 6.45) is 1.80. The van der Waals surface area contributed by atoms with Gasteiger partial charge < -0.3 is 15.7 Å². The van der Waals surface area contributed by atoms with Gasteiger partial charge in [-0.15, -0.1) is 24.0 Å². The standard InChI is InChI=1S/C19H34N4O3S.HI/c1-5-21-19(23-14-17(9-10-24)11-15(2)3)22-13-16-7-6-8-18(12-16)27(25,26)20-4;/h6-8,12,15,17,20,24H,5,9-11,13-14H2,1-4H3,(H2,21,22,23);1H. The number of hydrogen-bond acceptors (Lipinski definition) is 4. The SMILES string of the molecule is CCNC(=NCc1cccc(S(=O)(=O)NC)c1)NCC(CCO)CC(C)C.I. The lowest BCUT2D eigenvalue weighted by atomic mass is 9.94. The molecule has 1 unspecified atom stereocenters. The quantitative estimate of drug-likeness (QED) is 0.201. The molecule has 0 bridgehead atoms. The van der Waals surface area contributed by atoms with E-state index in [1.807, 2.05) is 13.0 Å². The van der Waals surface area contributed by atoms with Crippen molar-refractivity contribution < 1.29 is 13.5 Å². The first-order valence-electron chi connectivity index (χ1n) is 9.47. The van der Waals surface area contributed by atoms with E-state index in [1.165, 1.54) is 7.05 Å². The second-order valence-electron chi connectivity index (χ2n) is 6.94. The summed E-state index contributed by atoms with van der Waals surface area (Å²) in [5.74, 6) is 1.63. The lowest BCUT2D eigenvalue weighted by Gasteiger charge is -2.20. The number of sulfonamides is 1. The number of benzene rings is 1. The van der Waals surface area contributed by atoms with Gasteiger partial charge in [0, 0.05) is 19.7 Å². The zero-order valence-corrected chi connectivity index (χ0v) is 20.4. The lowest BCUT2D eigenvalue weighted by Crippen LogP contribution is -2.40. The minimum atomic E-state index is -3.46. The summed E-state index contributed by atoms with van der Waals surface area (Å²) < 4.78 is 26.2. The molecule has 0 heterocycles. The Balaban J connectivity index is 0.00000729. The van der Waals surface area contributed by atoms with E-state index in [-0.39, 0.29) is 35.5 Å². The maximum absolute atomic E-state index is 11.9. The smallest absolute Gasteiger partial charge is 0.240 e. The minimum absolute atomic E-state index is 0. The fourth-order valence-corrected chi connectivity index (χ4v) is 3.63. The predicted octanol–water partition coefficient (Wildman–Crippen LogP) is 2.31. The van der Waals surface area contributed by atoms with E-state index < -0.39 is 10.0 Å². The molecule has 1 atom stereocenters. The molecule has 0 radical (unpaired) electrons. The van der Waals surface area contributed by atoms with Gasteiger partial charge in [0.15, 0.2) is 5.96 Å². The first kappa shape index (κ1) is 27.1. The fourth-order valence-electron chi connectivity index (χ4n) is 2.83. The molecule has 1 aromatic rings. The van der Waals surface area contributed by atoms with Gasteiger partial charge in [0.25, 0.3) is 0 Å². The molecule has 0 aliphatic rings. The second-order valence-corrected chi connectivity index (χ2v) is 8.83. The van der Waals surface area contributed by atoms with Crippen LogP contribution in [-0.2, 0) is 16.6 Å². The average molecular weight is 526 g/mol. The van der Waals surface area contributed by atoms with Crippen LogP contribution < -0.4 is 15.4 Å². The van der Waals surface area contributed by atoms with Gasteiger partial charge in [-0.2, -0.15) is 0 Å². The first-order valence-corrected chi connectivity index (χ1v) is 11.0. The number of aliphatic imine (C=N–C) groups is 1. The molecule has 0 saturated heterocycles. The Labute approximate surface area is 186 Å². The Kier molecular flexibility index (Phi) is 13.7. The van der Waals surface area contributed by atoms with Crippen LogP contribution in [0.25, 0.3) is 0 Å². The van der Waals surface area contributed by atoms with Crippen molar-refractivity contribution in [2.75, 3.05) is 26.7 Å². The predicted molar refractivity (Wildman–Crippen MR) is 126 cm³/mol. The van der Waals surface area contributed by atoms with Gasteiger partial charge in [-0.3, -0.25) is 0 Å².